The SMILES string of the molecule is Nc1cc(S(=O)(=O)NC2CCCc3sccc32)ccc1Cl. The van der Waals surface area contributed by atoms with Gasteiger partial charge in [-0.2, -0.15) is 0 Å². The third kappa shape index (κ3) is 2.94. The molecular weight excluding hydrogens is 328 g/mol. The van der Waals surface area contributed by atoms with Crippen LogP contribution in [0.5, 0.6) is 0 Å². The maximum Gasteiger partial charge on any atom is 0.241 e. The summed E-state index contributed by atoms with van der Waals surface area (Å²) < 4.78 is 27.8. The summed E-state index contributed by atoms with van der Waals surface area (Å²) in [7, 11) is -3.60. The molecule has 0 amide bonds. The quantitative estimate of drug-likeness (QED) is 0.840. The molecule has 0 spiro atoms. The first-order chi connectivity index (χ1) is 9.97. The van der Waals surface area contributed by atoms with Gasteiger partial charge in [-0.05, 0) is 54.5 Å². The predicted molar refractivity (Wildman–Crippen MR) is 86.2 cm³/mol. The minimum Gasteiger partial charge on any atom is -0.397 e. The smallest absolute Gasteiger partial charge is 0.241 e. The summed E-state index contributed by atoms with van der Waals surface area (Å²) in [4.78, 5) is 1.41. The first-order valence-electron chi connectivity index (χ1n) is 6.61. The van der Waals surface area contributed by atoms with Gasteiger partial charge >= 0.3 is 0 Å². The van der Waals surface area contributed by atoms with Crippen LogP contribution in [0.25, 0.3) is 0 Å². The minimum absolute atomic E-state index is 0.145. The third-order valence-electron chi connectivity index (χ3n) is 3.63. The number of rotatable bonds is 3. The summed E-state index contributed by atoms with van der Waals surface area (Å²) in [6.07, 6.45) is 2.83. The van der Waals surface area contributed by atoms with E-state index < -0.39 is 10.0 Å². The largest absolute Gasteiger partial charge is 0.397 e. The number of anilines is 1. The number of benzene rings is 1. The molecule has 0 saturated heterocycles. The van der Waals surface area contributed by atoms with E-state index in [-0.39, 0.29) is 16.6 Å². The van der Waals surface area contributed by atoms with Gasteiger partial charge in [-0.1, -0.05) is 11.6 Å². The highest BCUT2D eigenvalue weighted by Gasteiger charge is 2.26. The maximum atomic E-state index is 12.5. The Hall–Kier alpha value is -1.08. The van der Waals surface area contributed by atoms with Crippen molar-refractivity contribution in [2.75, 3.05) is 5.73 Å². The number of hydrogen-bond acceptors (Lipinski definition) is 4. The minimum atomic E-state index is -3.60. The molecule has 4 nitrogen and oxygen atoms in total. The zero-order chi connectivity index (χ0) is 15.0. The molecule has 21 heavy (non-hydrogen) atoms. The monoisotopic (exact) mass is 342 g/mol. The Balaban J connectivity index is 1.89. The molecule has 3 rings (SSSR count). The van der Waals surface area contributed by atoms with Crippen molar-refractivity contribution < 1.29 is 8.42 Å². The highest BCUT2D eigenvalue weighted by molar-refractivity contribution is 7.89. The molecule has 1 unspecified atom stereocenters. The van der Waals surface area contributed by atoms with Crippen LogP contribution >= 0.6 is 22.9 Å². The zero-order valence-corrected chi connectivity index (χ0v) is 13.6. The van der Waals surface area contributed by atoms with Crippen LogP contribution in [-0.2, 0) is 16.4 Å². The Morgan fingerprint density at radius 1 is 1.33 bits per heavy atom. The van der Waals surface area contributed by atoms with E-state index in [1.165, 1.54) is 23.1 Å². The molecule has 2 aromatic rings. The maximum absolute atomic E-state index is 12.5. The number of nitrogens with one attached hydrogen (secondary N) is 1. The molecule has 1 atom stereocenters. The number of halogens is 1. The molecule has 112 valence electrons. The molecule has 0 aliphatic heterocycles. The summed E-state index contributed by atoms with van der Waals surface area (Å²) >= 11 is 7.52. The van der Waals surface area contributed by atoms with E-state index in [4.69, 9.17) is 17.3 Å². The van der Waals surface area contributed by atoms with Gasteiger partial charge < -0.3 is 5.73 Å². The fourth-order valence-electron chi connectivity index (χ4n) is 2.55. The molecule has 1 aromatic carbocycles. The van der Waals surface area contributed by atoms with Crippen molar-refractivity contribution in [3.63, 3.8) is 0 Å². The molecule has 1 aliphatic rings. The second-order valence-corrected chi connectivity index (χ2v) is 8.17. The number of hydrogen-bond donors (Lipinski definition) is 2. The van der Waals surface area contributed by atoms with Crippen LogP contribution in [0, 0.1) is 0 Å². The number of nitrogens with two attached hydrogens (primary N) is 1. The number of sulfonamides is 1. The molecular formula is C14H15ClN2O2S2. The summed E-state index contributed by atoms with van der Waals surface area (Å²) in [5.41, 5.74) is 7.05. The van der Waals surface area contributed by atoms with Crippen LogP contribution in [0.3, 0.4) is 0 Å². The van der Waals surface area contributed by atoms with Crippen LogP contribution in [0.1, 0.15) is 29.3 Å². The average Bonchev–Trinajstić information content (AvgIpc) is 2.91. The van der Waals surface area contributed by atoms with E-state index in [9.17, 15) is 8.42 Å². The van der Waals surface area contributed by atoms with Gasteiger partial charge in [-0.25, -0.2) is 13.1 Å². The molecule has 1 aromatic heterocycles. The average molecular weight is 343 g/mol. The zero-order valence-electron chi connectivity index (χ0n) is 11.2. The second kappa shape index (κ2) is 5.61. The molecule has 7 heteroatoms. The Bertz CT molecular complexity index is 771. The van der Waals surface area contributed by atoms with E-state index in [0.717, 1.165) is 24.8 Å². The fourth-order valence-corrected chi connectivity index (χ4v) is 4.94. The Morgan fingerprint density at radius 2 is 2.14 bits per heavy atom. The van der Waals surface area contributed by atoms with E-state index >= 15 is 0 Å². The van der Waals surface area contributed by atoms with Crippen molar-refractivity contribution in [2.45, 2.75) is 30.2 Å². The van der Waals surface area contributed by atoms with Gasteiger partial charge in [0.15, 0.2) is 0 Å². The van der Waals surface area contributed by atoms with Gasteiger partial charge in [0.1, 0.15) is 0 Å². The van der Waals surface area contributed by atoms with Crippen molar-refractivity contribution in [3.8, 4) is 0 Å². The highest BCUT2D eigenvalue weighted by Crippen LogP contribution is 2.34. The van der Waals surface area contributed by atoms with Crippen LogP contribution < -0.4 is 10.5 Å². The molecule has 0 fully saturated rings. The Kier molecular flexibility index (Phi) is 3.96. The van der Waals surface area contributed by atoms with Crippen molar-refractivity contribution >= 4 is 38.6 Å². The normalized spacial score (nSPS) is 18.4. The lowest BCUT2D eigenvalue weighted by Gasteiger charge is -2.23. The number of fused-ring (bicyclic) bond motifs is 1. The molecule has 1 aliphatic carbocycles. The van der Waals surface area contributed by atoms with Gasteiger partial charge in [0.25, 0.3) is 0 Å². The molecule has 3 N–H and O–H groups in total. The summed E-state index contributed by atoms with van der Waals surface area (Å²) in [5.74, 6) is 0. The van der Waals surface area contributed by atoms with E-state index in [2.05, 4.69) is 4.72 Å². The van der Waals surface area contributed by atoms with Gasteiger partial charge in [0.05, 0.1) is 15.6 Å². The highest BCUT2D eigenvalue weighted by atomic mass is 35.5. The third-order valence-corrected chi connectivity index (χ3v) is 6.44. The predicted octanol–water partition coefficient (Wildman–Crippen LogP) is 3.34. The van der Waals surface area contributed by atoms with E-state index in [1.807, 2.05) is 11.4 Å². The number of thiophene rings is 1. The van der Waals surface area contributed by atoms with Gasteiger partial charge in [0, 0.05) is 10.9 Å². The summed E-state index contributed by atoms with van der Waals surface area (Å²) in [6, 6.07) is 6.20. The Morgan fingerprint density at radius 3 is 2.90 bits per heavy atom. The van der Waals surface area contributed by atoms with Crippen molar-refractivity contribution in [1.29, 1.82) is 0 Å². The van der Waals surface area contributed by atoms with Crippen molar-refractivity contribution in [3.05, 3.63) is 45.1 Å². The summed E-state index contributed by atoms with van der Waals surface area (Å²) in [5, 5.41) is 2.36. The van der Waals surface area contributed by atoms with Crippen LogP contribution in [-0.4, -0.2) is 8.42 Å². The molecule has 0 saturated carbocycles. The van der Waals surface area contributed by atoms with E-state index in [0.29, 0.717) is 5.02 Å². The first kappa shape index (κ1) is 14.8. The number of nitrogen functional groups attached to an aromatic ring is 1. The second-order valence-electron chi connectivity index (χ2n) is 5.05. The fraction of sp³-hybridized carbons (Fsp3) is 0.286. The van der Waals surface area contributed by atoms with Gasteiger partial charge in [0.2, 0.25) is 10.0 Å². The lowest BCUT2D eigenvalue weighted by molar-refractivity contribution is 0.511. The van der Waals surface area contributed by atoms with Crippen LogP contribution in [0.15, 0.2) is 34.5 Å². The molecule has 0 radical (unpaired) electrons. The summed E-state index contributed by atoms with van der Waals surface area (Å²) in [6.45, 7) is 0. The standard InChI is InChI=1S/C14H15ClN2O2S2/c15-11-5-4-9(8-12(11)16)21(18,19)17-13-2-1-3-14-10(13)6-7-20-14/h4-8,13,17H,1-3,16H2. The Labute approximate surface area is 133 Å². The van der Waals surface area contributed by atoms with Crippen molar-refractivity contribution in [1.82, 2.24) is 4.72 Å². The number of aryl methyl sites for hydroxylation is 1. The van der Waals surface area contributed by atoms with Crippen LogP contribution in [0.4, 0.5) is 5.69 Å². The van der Waals surface area contributed by atoms with Crippen LogP contribution in [0.2, 0.25) is 5.02 Å². The lowest BCUT2D eigenvalue weighted by Crippen LogP contribution is -2.30. The molecule has 0 bridgehead atoms. The topological polar surface area (TPSA) is 72.2 Å². The van der Waals surface area contributed by atoms with Gasteiger partial charge in [-0.3, -0.25) is 0 Å². The van der Waals surface area contributed by atoms with E-state index in [1.54, 1.807) is 11.3 Å². The lowest BCUT2D eigenvalue weighted by atomic mass is 9.95. The first-order valence-corrected chi connectivity index (χ1v) is 9.35. The van der Waals surface area contributed by atoms with Gasteiger partial charge in [-0.15, -0.1) is 11.3 Å². The van der Waals surface area contributed by atoms with Crippen molar-refractivity contribution in [2.24, 2.45) is 0 Å². The molecule has 1 heterocycles.